The Morgan fingerprint density at radius 1 is 0.921 bits per heavy atom. The fraction of sp³-hybridized carbons (Fsp3) is 0.387. The van der Waals surface area contributed by atoms with Gasteiger partial charge in [-0.3, -0.25) is 4.90 Å². The van der Waals surface area contributed by atoms with Crippen LogP contribution < -0.4 is 9.47 Å². The zero-order valence-electron chi connectivity index (χ0n) is 23.1. The number of carbonyl (C=O) groups is 1. The van der Waals surface area contributed by atoms with Gasteiger partial charge in [0.25, 0.3) is 0 Å². The first-order valence-corrected chi connectivity index (χ1v) is 12.7. The van der Waals surface area contributed by atoms with Crippen LogP contribution in [-0.2, 0) is 17.6 Å². The van der Waals surface area contributed by atoms with E-state index >= 15 is 0 Å². The summed E-state index contributed by atoms with van der Waals surface area (Å²) < 4.78 is 16.9. The second-order valence-corrected chi connectivity index (χ2v) is 10.3. The van der Waals surface area contributed by atoms with Gasteiger partial charge in [-0.25, -0.2) is 4.79 Å². The number of aliphatic hydroxyl groups is 1. The molecule has 0 radical (unpaired) electrons. The van der Waals surface area contributed by atoms with Crippen molar-refractivity contribution in [1.82, 2.24) is 4.90 Å². The maximum atomic E-state index is 13.8. The number of phenols is 1. The van der Waals surface area contributed by atoms with E-state index < -0.39 is 23.8 Å². The van der Waals surface area contributed by atoms with Gasteiger partial charge in [-0.15, -0.1) is 0 Å². The standard InChI is InChI=1S/C31H39NO6/c1-21-28(36-5)24(19-27(34)29(21)37-6)18-25(20-33)32(30(35)38-31(2,3)4)26(23-15-11-8-12-16-23)17-22-13-9-7-10-14-22/h7-16,19,25-26,33-34H,17-18,20H2,1-6H3/t25-,26+/m0/s1. The monoisotopic (exact) mass is 521 g/mol. The van der Waals surface area contributed by atoms with E-state index in [9.17, 15) is 15.0 Å². The summed E-state index contributed by atoms with van der Waals surface area (Å²) >= 11 is 0. The molecule has 0 bridgehead atoms. The lowest BCUT2D eigenvalue weighted by molar-refractivity contribution is -0.00382. The van der Waals surface area contributed by atoms with Crippen LogP contribution >= 0.6 is 0 Å². The summed E-state index contributed by atoms with van der Waals surface area (Å²) in [5.74, 6) is 0.813. The fourth-order valence-corrected chi connectivity index (χ4v) is 4.77. The van der Waals surface area contributed by atoms with Gasteiger partial charge in [0.1, 0.15) is 11.4 Å². The van der Waals surface area contributed by atoms with Crippen LogP contribution in [0.25, 0.3) is 0 Å². The van der Waals surface area contributed by atoms with E-state index in [4.69, 9.17) is 14.2 Å². The Balaban J connectivity index is 2.13. The van der Waals surface area contributed by atoms with Gasteiger partial charge in [0.15, 0.2) is 11.5 Å². The van der Waals surface area contributed by atoms with Gasteiger partial charge in [0.2, 0.25) is 0 Å². The van der Waals surface area contributed by atoms with Crippen molar-refractivity contribution in [3.63, 3.8) is 0 Å². The summed E-state index contributed by atoms with van der Waals surface area (Å²) in [4.78, 5) is 15.5. The molecule has 0 saturated heterocycles. The number of rotatable bonds is 10. The molecule has 0 spiro atoms. The quantitative estimate of drug-likeness (QED) is 0.348. The number of hydrogen-bond donors (Lipinski definition) is 2. The first kappa shape index (κ1) is 28.9. The molecule has 1 amide bonds. The van der Waals surface area contributed by atoms with Crippen LogP contribution in [-0.4, -0.2) is 53.7 Å². The lowest BCUT2D eigenvalue weighted by Crippen LogP contribution is -2.48. The van der Waals surface area contributed by atoms with Crippen molar-refractivity contribution in [2.75, 3.05) is 20.8 Å². The van der Waals surface area contributed by atoms with Crippen molar-refractivity contribution in [3.05, 3.63) is 89.0 Å². The fourth-order valence-electron chi connectivity index (χ4n) is 4.77. The van der Waals surface area contributed by atoms with Crippen LogP contribution in [0.4, 0.5) is 4.79 Å². The molecule has 2 N–H and O–H groups in total. The van der Waals surface area contributed by atoms with Crippen molar-refractivity contribution in [3.8, 4) is 17.2 Å². The second kappa shape index (κ2) is 12.7. The van der Waals surface area contributed by atoms with Crippen LogP contribution in [0.2, 0.25) is 0 Å². The predicted molar refractivity (Wildman–Crippen MR) is 148 cm³/mol. The van der Waals surface area contributed by atoms with E-state index in [0.717, 1.165) is 11.1 Å². The molecular weight excluding hydrogens is 482 g/mol. The molecule has 0 fully saturated rings. The van der Waals surface area contributed by atoms with Crippen molar-refractivity contribution >= 4 is 6.09 Å². The van der Waals surface area contributed by atoms with Crippen LogP contribution in [0, 0.1) is 6.92 Å². The molecule has 7 nitrogen and oxygen atoms in total. The number of aliphatic hydroxyl groups excluding tert-OH is 1. The number of amides is 1. The number of phenolic OH excluding ortho intramolecular Hbond substituents is 1. The topological polar surface area (TPSA) is 88.5 Å². The highest BCUT2D eigenvalue weighted by Gasteiger charge is 2.36. The SMILES string of the molecule is COc1c(O)cc(C[C@@H](CO)N(C(=O)OC(C)(C)C)[C@H](Cc2ccccc2)c2ccccc2)c(OC)c1C. The molecule has 3 rings (SSSR count). The minimum absolute atomic E-state index is 0.0368. The third-order valence-corrected chi connectivity index (χ3v) is 6.38. The van der Waals surface area contributed by atoms with Crippen molar-refractivity contribution < 1.29 is 29.2 Å². The summed E-state index contributed by atoms with van der Waals surface area (Å²) in [5.41, 5.74) is 2.50. The van der Waals surface area contributed by atoms with Crippen molar-refractivity contribution in [2.45, 2.75) is 58.2 Å². The van der Waals surface area contributed by atoms with Gasteiger partial charge in [0, 0.05) is 11.1 Å². The number of ether oxygens (including phenoxy) is 3. The van der Waals surface area contributed by atoms with Gasteiger partial charge in [-0.2, -0.15) is 0 Å². The molecule has 0 unspecified atom stereocenters. The zero-order chi connectivity index (χ0) is 27.9. The Bertz CT molecular complexity index is 1190. The minimum atomic E-state index is -0.740. The molecular formula is C31H39NO6. The first-order chi connectivity index (χ1) is 18.1. The van der Waals surface area contributed by atoms with Crippen LogP contribution in [0.1, 0.15) is 49.1 Å². The average molecular weight is 522 g/mol. The Morgan fingerprint density at radius 2 is 1.50 bits per heavy atom. The Labute approximate surface area is 225 Å². The molecule has 3 aromatic rings. The second-order valence-electron chi connectivity index (χ2n) is 10.3. The van der Waals surface area contributed by atoms with Gasteiger partial charge in [0.05, 0.1) is 32.9 Å². The molecule has 0 saturated carbocycles. The number of aromatic hydroxyl groups is 1. The lowest BCUT2D eigenvalue weighted by atomic mass is 9.94. The van der Waals surface area contributed by atoms with E-state index in [0.29, 0.717) is 29.0 Å². The van der Waals surface area contributed by atoms with Gasteiger partial charge >= 0.3 is 6.09 Å². The van der Waals surface area contributed by atoms with E-state index in [2.05, 4.69) is 0 Å². The molecule has 7 heteroatoms. The Kier molecular flexibility index (Phi) is 9.64. The van der Waals surface area contributed by atoms with Gasteiger partial charge in [-0.05, 0) is 57.7 Å². The van der Waals surface area contributed by atoms with Crippen LogP contribution in [0.5, 0.6) is 17.2 Å². The van der Waals surface area contributed by atoms with Gasteiger partial charge < -0.3 is 24.4 Å². The van der Waals surface area contributed by atoms with E-state index in [-0.39, 0.29) is 18.8 Å². The van der Waals surface area contributed by atoms with Crippen molar-refractivity contribution in [1.29, 1.82) is 0 Å². The smallest absolute Gasteiger partial charge is 0.411 e. The first-order valence-electron chi connectivity index (χ1n) is 12.7. The normalized spacial score (nSPS) is 12.9. The summed E-state index contributed by atoms with van der Waals surface area (Å²) in [6.07, 6.45) is 0.204. The summed E-state index contributed by atoms with van der Waals surface area (Å²) in [6.45, 7) is 6.92. The average Bonchev–Trinajstić information content (AvgIpc) is 2.88. The number of nitrogens with zero attached hydrogens (tertiary/aromatic N) is 1. The highest BCUT2D eigenvalue weighted by Crippen LogP contribution is 2.40. The largest absolute Gasteiger partial charge is 0.504 e. The summed E-state index contributed by atoms with van der Waals surface area (Å²) in [6, 6.07) is 20.1. The molecule has 0 aromatic heterocycles. The molecule has 0 aliphatic heterocycles. The molecule has 0 heterocycles. The molecule has 38 heavy (non-hydrogen) atoms. The summed E-state index contributed by atoms with van der Waals surface area (Å²) in [7, 11) is 3.03. The Morgan fingerprint density at radius 3 is 2.03 bits per heavy atom. The Hall–Kier alpha value is -3.71. The van der Waals surface area contributed by atoms with Crippen LogP contribution in [0.3, 0.4) is 0 Å². The summed E-state index contributed by atoms with van der Waals surface area (Å²) in [5, 5.41) is 21.3. The number of carbonyl (C=O) groups excluding carboxylic acids is 1. The lowest BCUT2D eigenvalue weighted by Gasteiger charge is -2.39. The van der Waals surface area contributed by atoms with E-state index in [1.165, 1.54) is 7.11 Å². The molecule has 204 valence electrons. The third kappa shape index (κ3) is 6.98. The maximum absolute atomic E-state index is 13.8. The molecule has 0 aliphatic rings. The highest BCUT2D eigenvalue weighted by molar-refractivity contribution is 5.70. The molecule has 0 aliphatic carbocycles. The van der Waals surface area contributed by atoms with Crippen molar-refractivity contribution in [2.24, 2.45) is 0 Å². The third-order valence-electron chi connectivity index (χ3n) is 6.38. The van der Waals surface area contributed by atoms with Crippen LogP contribution in [0.15, 0.2) is 66.7 Å². The number of methoxy groups -OCH3 is 2. The molecule has 3 aromatic carbocycles. The number of hydrogen-bond acceptors (Lipinski definition) is 6. The highest BCUT2D eigenvalue weighted by atomic mass is 16.6. The van der Waals surface area contributed by atoms with E-state index in [1.54, 1.807) is 25.0 Å². The predicted octanol–water partition coefficient (Wildman–Crippen LogP) is 5.84. The van der Waals surface area contributed by atoms with E-state index in [1.807, 2.05) is 81.4 Å². The van der Waals surface area contributed by atoms with Gasteiger partial charge in [-0.1, -0.05) is 60.7 Å². The number of benzene rings is 3. The maximum Gasteiger partial charge on any atom is 0.411 e. The molecule has 2 atom stereocenters. The zero-order valence-corrected chi connectivity index (χ0v) is 23.1. The minimum Gasteiger partial charge on any atom is -0.504 e.